The molecule has 2 fully saturated rings. The number of guanidine groups is 1. The van der Waals surface area contributed by atoms with Crippen molar-refractivity contribution in [2.45, 2.75) is 57.3 Å². The number of rotatable bonds is 6. The first-order valence-corrected chi connectivity index (χ1v) is 11.8. The average molecular weight is 543 g/mol. The van der Waals surface area contributed by atoms with Gasteiger partial charge in [0.25, 0.3) is 0 Å². The molecule has 0 radical (unpaired) electrons. The first kappa shape index (κ1) is 24.7. The van der Waals surface area contributed by atoms with Gasteiger partial charge in [0.05, 0.1) is 18.8 Å². The van der Waals surface area contributed by atoms with Crippen molar-refractivity contribution >= 4 is 29.9 Å². The number of benzene rings is 1. The Bertz CT molecular complexity index is 688. The van der Waals surface area contributed by atoms with Gasteiger partial charge < -0.3 is 19.7 Å². The number of hydrogen-bond donors (Lipinski definition) is 1. The van der Waals surface area contributed by atoms with E-state index in [-0.39, 0.29) is 24.0 Å². The molecule has 0 aliphatic carbocycles. The van der Waals surface area contributed by atoms with E-state index in [4.69, 9.17) is 9.47 Å². The molecule has 4 rings (SSSR count). The van der Waals surface area contributed by atoms with Crippen LogP contribution >= 0.6 is 24.0 Å². The van der Waals surface area contributed by atoms with Crippen LogP contribution < -0.4 is 5.32 Å². The van der Waals surface area contributed by atoms with E-state index in [1.54, 1.807) is 0 Å². The second kappa shape index (κ2) is 13.0. The Morgan fingerprint density at radius 1 is 1.13 bits per heavy atom. The van der Waals surface area contributed by atoms with Gasteiger partial charge in [-0.1, -0.05) is 24.3 Å². The Morgan fingerprint density at radius 3 is 2.68 bits per heavy atom. The number of fused-ring (bicyclic) bond motifs is 1. The first-order valence-electron chi connectivity index (χ1n) is 11.8. The van der Waals surface area contributed by atoms with Crippen LogP contribution in [0.1, 0.15) is 43.2 Å². The zero-order valence-electron chi connectivity index (χ0n) is 18.9. The van der Waals surface area contributed by atoms with E-state index in [0.717, 1.165) is 84.1 Å². The summed E-state index contributed by atoms with van der Waals surface area (Å²) in [5, 5.41) is 3.58. The number of piperidine rings is 1. The van der Waals surface area contributed by atoms with E-state index >= 15 is 0 Å². The van der Waals surface area contributed by atoms with E-state index in [0.29, 0.717) is 12.2 Å². The topological polar surface area (TPSA) is 49.3 Å². The summed E-state index contributed by atoms with van der Waals surface area (Å²) >= 11 is 0. The van der Waals surface area contributed by atoms with Crippen molar-refractivity contribution in [2.24, 2.45) is 4.99 Å². The Balaban J connectivity index is 0.00000272. The molecule has 7 heteroatoms. The van der Waals surface area contributed by atoms with Crippen LogP contribution in [0.15, 0.2) is 29.3 Å². The van der Waals surface area contributed by atoms with Gasteiger partial charge in [-0.05, 0) is 49.7 Å². The van der Waals surface area contributed by atoms with Crippen molar-refractivity contribution < 1.29 is 9.47 Å². The maximum absolute atomic E-state index is 6.15. The maximum Gasteiger partial charge on any atom is 0.193 e. The average Bonchev–Trinajstić information content (AvgIpc) is 2.81. The zero-order valence-corrected chi connectivity index (χ0v) is 21.3. The van der Waals surface area contributed by atoms with Crippen molar-refractivity contribution in [2.75, 3.05) is 53.0 Å². The Kier molecular flexibility index (Phi) is 10.3. The second-order valence-corrected chi connectivity index (χ2v) is 8.78. The summed E-state index contributed by atoms with van der Waals surface area (Å²) in [5.74, 6) is 1.03. The predicted octanol–water partition coefficient (Wildman–Crippen LogP) is 3.29. The van der Waals surface area contributed by atoms with E-state index in [1.165, 1.54) is 24.0 Å². The van der Waals surface area contributed by atoms with Gasteiger partial charge in [-0.3, -0.25) is 9.89 Å². The highest BCUT2D eigenvalue weighted by Crippen LogP contribution is 2.19. The third-order valence-electron chi connectivity index (χ3n) is 6.67. The van der Waals surface area contributed by atoms with E-state index in [1.807, 2.05) is 7.05 Å². The number of nitrogens with one attached hydrogen (secondary N) is 1. The fourth-order valence-corrected chi connectivity index (χ4v) is 4.82. The molecule has 0 spiro atoms. The Hall–Kier alpha value is -0.900. The number of ether oxygens (including phenoxy) is 2. The van der Waals surface area contributed by atoms with Crippen LogP contribution in [-0.4, -0.2) is 81.0 Å². The largest absolute Gasteiger partial charge is 0.376 e. The summed E-state index contributed by atoms with van der Waals surface area (Å²) in [6.07, 6.45) is 7.59. The molecule has 0 aromatic heterocycles. The number of hydrogen-bond acceptors (Lipinski definition) is 4. The van der Waals surface area contributed by atoms with E-state index in [9.17, 15) is 0 Å². The fourth-order valence-electron chi connectivity index (χ4n) is 4.82. The molecule has 3 heterocycles. The Labute approximate surface area is 204 Å². The molecular formula is C24H39IN4O2. The van der Waals surface area contributed by atoms with Gasteiger partial charge in [-0.15, -0.1) is 24.0 Å². The maximum atomic E-state index is 6.15. The summed E-state index contributed by atoms with van der Waals surface area (Å²) in [5.41, 5.74) is 2.99. The molecule has 6 nitrogen and oxygen atoms in total. The monoisotopic (exact) mass is 542 g/mol. The summed E-state index contributed by atoms with van der Waals surface area (Å²) in [4.78, 5) is 9.44. The highest BCUT2D eigenvalue weighted by atomic mass is 127. The summed E-state index contributed by atoms with van der Waals surface area (Å²) < 4.78 is 11.9. The van der Waals surface area contributed by atoms with Gasteiger partial charge in [-0.25, -0.2) is 0 Å². The molecule has 3 aliphatic rings. The van der Waals surface area contributed by atoms with Gasteiger partial charge in [0, 0.05) is 52.9 Å². The molecular weight excluding hydrogens is 503 g/mol. The molecule has 0 amide bonds. The Morgan fingerprint density at radius 2 is 1.94 bits per heavy atom. The summed E-state index contributed by atoms with van der Waals surface area (Å²) in [7, 11) is 1.89. The molecule has 1 atom stereocenters. The zero-order chi connectivity index (χ0) is 20.6. The van der Waals surface area contributed by atoms with Crippen LogP contribution in [0.4, 0.5) is 0 Å². The third-order valence-corrected chi connectivity index (χ3v) is 6.67. The van der Waals surface area contributed by atoms with Crippen molar-refractivity contribution in [3.8, 4) is 0 Å². The first-order chi connectivity index (χ1) is 14.8. The summed E-state index contributed by atoms with van der Waals surface area (Å²) in [6, 6.07) is 8.83. The lowest BCUT2D eigenvalue weighted by atomic mass is 10.00. The smallest absolute Gasteiger partial charge is 0.193 e. The standard InChI is InChI=1S/C24H38N4O2.HI/c1-25-24(26-12-16-27-13-9-20-6-2-3-7-21(20)18-27)28-14-10-22(11-15-28)30-19-23-8-4-5-17-29-23;/h2-3,6-7,22-23H,4-5,8-19H2,1H3,(H,25,26);1H. The second-order valence-electron chi connectivity index (χ2n) is 8.78. The fraction of sp³-hybridized carbons (Fsp3) is 0.708. The van der Waals surface area contributed by atoms with Gasteiger partial charge in [-0.2, -0.15) is 0 Å². The molecule has 0 bridgehead atoms. The molecule has 1 aromatic carbocycles. The number of halogens is 1. The highest BCUT2D eigenvalue weighted by Gasteiger charge is 2.24. The van der Waals surface area contributed by atoms with Crippen LogP contribution in [0, 0.1) is 0 Å². The van der Waals surface area contributed by atoms with Gasteiger partial charge >= 0.3 is 0 Å². The highest BCUT2D eigenvalue weighted by molar-refractivity contribution is 14.0. The molecule has 2 saturated heterocycles. The quantitative estimate of drug-likeness (QED) is 0.340. The number of likely N-dealkylation sites (tertiary alicyclic amines) is 1. The lowest BCUT2D eigenvalue weighted by Gasteiger charge is -2.35. The van der Waals surface area contributed by atoms with Gasteiger partial charge in [0.1, 0.15) is 0 Å². The summed E-state index contributed by atoms with van der Waals surface area (Å²) in [6.45, 7) is 7.86. The minimum Gasteiger partial charge on any atom is -0.376 e. The number of nitrogens with zero attached hydrogens (tertiary/aromatic N) is 3. The normalized spacial score (nSPS) is 23.2. The van der Waals surface area contributed by atoms with Crippen molar-refractivity contribution in [3.05, 3.63) is 35.4 Å². The predicted molar refractivity (Wildman–Crippen MR) is 136 cm³/mol. The third kappa shape index (κ3) is 7.30. The molecule has 1 aromatic rings. The van der Waals surface area contributed by atoms with Crippen LogP contribution in [0.5, 0.6) is 0 Å². The van der Waals surface area contributed by atoms with Crippen LogP contribution in [0.2, 0.25) is 0 Å². The minimum atomic E-state index is 0. The van der Waals surface area contributed by atoms with Crippen molar-refractivity contribution in [1.82, 2.24) is 15.1 Å². The molecule has 174 valence electrons. The molecule has 1 unspecified atom stereocenters. The van der Waals surface area contributed by atoms with Crippen LogP contribution in [0.3, 0.4) is 0 Å². The number of aliphatic imine (C=N–C) groups is 1. The van der Waals surface area contributed by atoms with Gasteiger partial charge in [0.2, 0.25) is 0 Å². The SMILES string of the molecule is CN=C(NCCN1CCc2ccccc2C1)N1CCC(OCC2CCCCO2)CC1.I. The van der Waals surface area contributed by atoms with E-state index < -0.39 is 0 Å². The molecule has 0 saturated carbocycles. The van der Waals surface area contributed by atoms with Crippen molar-refractivity contribution in [3.63, 3.8) is 0 Å². The van der Waals surface area contributed by atoms with E-state index in [2.05, 4.69) is 44.4 Å². The lowest BCUT2D eigenvalue weighted by molar-refractivity contribution is -0.0721. The molecule has 3 aliphatic heterocycles. The van der Waals surface area contributed by atoms with Crippen molar-refractivity contribution in [1.29, 1.82) is 0 Å². The van der Waals surface area contributed by atoms with Crippen LogP contribution in [-0.2, 0) is 22.4 Å². The molecule has 31 heavy (non-hydrogen) atoms. The van der Waals surface area contributed by atoms with Crippen LogP contribution in [0.25, 0.3) is 0 Å². The molecule has 1 N–H and O–H groups in total. The van der Waals surface area contributed by atoms with Gasteiger partial charge in [0.15, 0.2) is 5.96 Å². The lowest BCUT2D eigenvalue weighted by Crippen LogP contribution is -2.49. The minimum absolute atomic E-state index is 0.